The molecule has 1 atom stereocenters. The molecule has 0 aliphatic carbocycles. The first-order valence-corrected chi connectivity index (χ1v) is 8.16. The van der Waals surface area contributed by atoms with Crippen molar-refractivity contribution in [3.63, 3.8) is 0 Å². The summed E-state index contributed by atoms with van der Waals surface area (Å²) in [6.45, 7) is 13.1. The van der Waals surface area contributed by atoms with Crippen LogP contribution in [0.15, 0.2) is 41.4 Å². The molecule has 0 bridgehead atoms. The normalized spacial score (nSPS) is 13.3. The molecular formula is C21H27N. The van der Waals surface area contributed by atoms with Crippen LogP contribution in [0.2, 0.25) is 0 Å². The molecule has 0 amide bonds. The van der Waals surface area contributed by atoms with Gasteiger partial charge in [-0.1, -0.05) is 55.8 Å². The number of benzene rings is 2. The average Bonchev–Trinajstić information content (AvgIpc) is 2.47. The van der Waals surface area contributed by atoms with E-state index in [0.29, 0.717) is 5.92 Å². The minimum absolute atomic E-state index is 0.445. The van der Waals surface area contributed by atoms with Gasteiger partial charge in [-0.2, -0.15) is 0 Å². The lowest BCUT2D eigenvalue weighted by Crippen LogP contribution is -2.13. The number of rotatable bonds is 4. The van der Waals surface area contributed by atoms with Crippen LogP contribution >= 0.6 is 0 Å². The van der Waals surface area contributed by atoms with Gasteiger partial charge in [0.2, 0.25) is 0 Å². The number of aliphatic imine (C=N–C) groups is 1. The summed E-state index contributed by atoms with van der Waals surface area (Å²) < 4.78 is 0. The van der Waals surface area contributed by atoms with E-state index in [1.807, 2.05) is 0 Å². The molecule has 0 aromatic heterocycles. The lowest BCUT2D eigenvalue weighted by molar-refractivity contribution is 0.739. The zero-order chi connectivity index (χ0) is 16.3. The van der Waals surface area contributed by atoms with E-state index in [9.17, 15) is 0 Å². The zero-order valence-electron chi connectivity index (χ0n) is 14.7. The van der Waals surface area contributed by atoms with Crippen LogP contribution in [0, 0.1) is 33.6 Å². The number of hydrogen-bond acceptors (Lipinski definition) is 1. The van der Waals surface area contributed by atoms with Gasteiger partial charge in [0, 0.05) is 0 Å². The molecule has 0 spiro atoms. The van der Waals surface area contributed by atoms with E-state index >= 15 is 0 Å². The molecule has 116 valence electrons. The largest absolute Gasteiger partial charge is 0.252 e. The number of aryl methyl sites for hydroxylation is 4. The van der Waals surface area contributed by atoms with Crippen molar-refractivity contribution < 1.29 is 0 Å². The van der Waals surface area contributed by atoms with E-state index in [0.717, 1.165) is 12.1 Å². The van der Waals surface area contributed by atoms with Gasteiger partial charge in [0.25, 0.3) is 0 Å². The highest BCUT2D eigenvalue weighted by molar-refractivity contribution is 6.04. The van der Waals surface area contributed by atoms with E-state index in [1.54, 1.807) is 0 Å². The summed E-state index contributed by atoms with van der Waals surface area (Å²) in [5.74, 6) is 0.445. The Balaban J connectivity index is 2.63. The third kappa shape index (κ3) is 3.47. The smallest absolute Gasteiger partial charge is 0.0691 e. The van der Waals surface area contributed by atoms with Gasteiger partial charge in [-0.05, 0) is 62.3 Å². The van der Waals surface area contributed by atoms with Gasteiger partial charge in [-0.25, -0.2) is 0 Å². The first-order valence-electron chi connectivity index (χ1n) is 8.16. The molecule has 0 radical (unpaired) electrons. The maximum atomic E-state index is 5.11. The second-order valence-corrected chi connectivity index (χ2v) is 6.37. The molecule has 0 aliphatic rings. The molecule has 0 saturated carbocycles. The monoisotopic (exact) mass is 293 g/mol. The number of nitrogens with zero attached hydrogens (tertiary/aromatic N) is 1. The molecule has 1 heteroatoms. The lowest BCUT2D eigenvalue weighted by Gasteiger charge is -2.17. The van der Waals surface area contributed by atoms with Crippen molar-refractivity contribution in [1.82, 2.24) is 0 Å². The maximum absolute atomic E-state index is 5.11. The summed E-state index contributed by atoms with van der Waals surface area (Å²) in [5.41, 5.74) is 8.70. The molecule has 22 heavy (non-hydrogen) atoms. The van der Waals surface area contributed by atoms with Gasteiger partial charge < -0.3 is 0 Å². The van der Waals surface area contributed by atoms with Crippen molar-refractivity contribution in [2.45, 2.75) is 48.0 Å². The molecule has 2 rings (SSSR count). The summed E-state index contributed by atoms with van der Waals surface area (Å²) in [4.78, 5) is 5.11. The zero-order valence-corrected chi connectivity index (χ0v) is 14.7. The molecule has 0 aliphatic heterocycles. The van der Waals surface area contributed by atoms with Crippen molar-refractivity contribution in [2.75, 3.05) is 0 Å². The van der Waals surface area contributed by atoms with Gasteiger partial charge >= 0.3 is 0 Å². The van der Waals surface area contributed by atoms with E-state index < -0.39 is 0 Å². The average molecular weight is 293 g/mol. The highest BCUT2D eigenvalue weighted by atomic mass is 14.8. The van der Waals surface area contributed by atoms with Crippen LogP contribution in [0.3, 0.4) is 0 Å². The van der Waals surface area contributed by atoms with Gasteiger partial charge in [0.1, 0.15) is 0 Å². The Morgan fingerprint density at radius 1 is 0.955 bits per heavy atom. The Hall–Kier alpha value is -1.89. The molecule has 1 nitrogen and oxygen atoms in total. The second-order valence-electron chi connectivity index (χ2n) is 6.37. The van der Waals surface area contributed by atoms with Gasteiger partial charge in [-0.3, -0.25) is 4.99 Å². The fraction of sp³-hybridized carbons (Fsp3) is 0.381. The van der Waals surface area contributed by atoms with Crippen LogP contribution in [0.25, 0.3) is 0 Å². The number of para-hydroxylation sites is 1. The van der Waals surface area contributed by atoms with Crippen LogP contribution in [0.5, 0.6) is 0 Å². The predicted octanol–water partition coefficient (Wildman–Crippen LogP) is 6.09. The van der Waals surface area contributed by atoms with Gasteiger partial charge in [-0.15, -0.1) is 0 Å². The van der Waals surface area contributed by atoms with Crippen molar-refractivity contribution in [3.8, 4) is 0 Å². The SMILES string of the molecule is CCC(C)C(=Nc1c(C)cccc1C)c1ccc(C)cc1C. The maximum Gasteiger partial charge on any atom is 0.0691 e. The van der Waals surface area contributed by atoms with Crippen LogP contribution in [-0.4, -0.2) is 5.71 Å². The van der Waals surface area contributed by atoms with E-state index in [1.165, 1.54) is 33.5 Å². The summed E-state index contributed by atoms with van der Waals surface area (Å²) in [5, 5.41) is 0. The molecule has 0 saturated heterocycles. The van der Waals surface area contributed by atoms with Crippen molar-refractivity contribution in [1.29, 1.82) is 0 Å². The van der Waals surface area contributed by atoms with E-state index in [4.69, 9.17) is 4.99 Å². The standard InChI is InChI=1S/C21H27N/c1-7-15(3)21(19-12-11-14(2)13-18(19)6)22-20-16(4)9-8-10-17(20)5/h8-13,15H,7H2,1-6H3. The molecule has 1 unspecified atom stereocenters. The highest BCUT2D eigenvalue weighted by Crippen LogP contribution is 2.27. The third-order valence-electron chi connectivity index (χ3n) is 4.41. The number of hydrogen-bond donors (Lipinski definition) is 0. The minimum atomic E-state index is 0.445. The second kappa shape index (κ2) is 6.91. The molecule has 0 heterocycles. The highest BCUT2D eigenvalue weighted by Gasteiger charge is 2.15. The van der Waals surface area contributed by atoms with Crippen molar-refractivity contribution in [2.24, 2.45) is 10.9 Å². The first kappa shape index (κ1) is 16.5. The summed E-state index contributed by atoms with van der Waals surface area (Å²) in [6.07, 6.45) is 1.09. The molecule has 0 fully saturated rings. The first-order chi connectivity index (χ1) is 10.4. The molecular weight excluding hydrogens is 266 g/mol. The third-order valence-corrected chi connectivity index (χ3v) is 4.41. The van der Waals surface area contributed by atoms with E-state index in [2.05, 4.69) is 77.9 Å². The quantitative estimate of drug-likeness (QED) is 0.605. The summed E-state index contributed by atoms with van der Waals surface area (Å²) in [6, 6.07) is 13.0. The van der Waals surface area contributed by atoms with Crippen LogP contribution in [0.4, 0.5) is 5.69 Å². The topological polar surface area (TPSA) is 12.4 Å². The summed E-state index contributed by atoms with van der Waals surface area (Å²) >= 11 is 0. The minimum Gasteiger partial charge on any atom is -0.252 e. The van der Waals surface area contributed by atoms with Gasteiger partial charge in [0.05, 0.1) is 11.4 Å². The Bertz CT molecular complexity index is 675. The molecule has 2 aromatic rings. The summed E-state index contributed by atoms with van der Waals surface area (Å²) in [7, 11) is 0. The van der Waals surface area contributed by atoms with E-state index in [-0.39, 0.29) is 0 Å². The fourth-order valence-electron chi connectivity index (χ4n) is 2.83. The molecule has 0 N–H and O–H groups in total. The lowest BCUT2D eigenvalue weighted by atomic mass is 9.92. The Kier molecular flexibility index (Phi) is 5.18. The van der Waals surface area contributed by atoms with Crippen molar-refractivity contribution >= 4 is 11.4 Å². The fourth-order valence-corrected chi connectivity index (χ4v) is 2.83. The Morgan fingerprint density at radius 2 is 1.59 bits per heavy atom. The van der Waals surface area contributed by atoms with Crippen molar-refractivity contribution in [3.05, 3.63) is 64.2 Å². The Labute approximate surface area is 135 Å². The molecule has 2 aromatic carbocycles. The van der Waals surface area contributed by atoms with Gasteiger partial charge in [0.15, 0.2) is 0 Å². The van der Waals surface area contributed by atoms with Crippen LogP contribution in [0.1, 0.15) is 48.1 Å². The predicted molar refractivity (Wildman–Crippen MR) is 97.5 cm³/mol. The van der Waals surface area contributed by atoms with Crippen LogP contribution < -0.4 is 0 Å². The van der Waals surface area contributed by atoms with Crippen LogP contribution in [-0.2, 0) is 0 Å². The Morgan fingerprint density at radius 3 is 2.14 bits per heavy atom.